The van der Waals surface area contributed by atoms with Crippen LogP contribution in [0, 0.1) is 0 Å². The summed E-state index contributed by atoms with van der Waals surface area (Å²) in [7, 11) is 0. The smallest absolute Gasteiger partial charge is 0.0726 e. The predicted molar refractivity (Wildman–Crippen MR) is 94.5 cm³/mol. The molecule has 0 fully saturated rings. The summed E-state index contributed by atoms with van der Waals surface area (Å²) in [6, 6.07) is 8.55. The van der Waals surface area contributed by atoms with E-state index in [0.29, 0.717) is 0 Å². The van der Waals surface area contributed by atoms with E-state index in [2.05, 4.69) is 45.5 Å². The molecule has 1 aromatic heterocycles. The second-order valence-corrected chi connectivity index (χ2v) is 6.61. The lowest BCUT2D eigenvalue weighted by Crippen LogP contribution is -2.12. The summed E-state index contributed by atoms with van der Waals surface area (Å²) in [4.78, 5) is 4.89. The Morgan fingerprint density at radius 2 is 1.90 bits per heavy atom. The molecule has 3 rings (SSSR count). The van der Waals surface area contributed by atoms with Crippen LogP contribution in [0.25, 0.3) is 10.9 Å². The van der Waals surface area contributed by atoms with Gasteiger partial charge in [-0.25, -0.2) is 0 Å². The highest BCUT2D eigenvalue weighted by atomic mass is 79.9. The van der Waals surface area contributed by atoms with Gasteiger partial charge in [0.05, 0.1) is 5.52 Å². The van der Waals surface area contributed by atoms with E-state index < -0.39 is 0 Å². The van der Waals surface area contributed by atoms with Gasteiger partial charge in [-0.05, 0) is 50.2 Å². The number of fused-ring (bicyclic) bond motifs is 2. The number of hydrogen-bond donors (Lipinski definition) is 1. The van der Waals surface area contributed by atoms with E-state index >= 15 is 0 Å². The van der Waals surface area contributed by atoms with Crippen LogP contribution in [0.4, 0.5) is 5.69 Å². The van der Waals surface area contributed by atoms with Crippen LogP contribution < -0.4 is 5.32 Å². The minimum Gasteiger partial charge on any atom is -0.384 e. The van der Waals surface area contributed by atoms with Gasteiger partial charge >= 0.3 is 0 Å². The van der Waals surface area contributed by atoms with Crippen molar-refractivity contribution in [3.05, 3.63) is 35.5 Å². The molecule has 1 heterocycles. The third kappa shape index (κ3) is 3.39. The van der Waals surface area contributed by atoms with Crippen molar-refractivity contribution in [2.45, 2.75) is 44.9 Å². The molecule has 2 aromatic rings. The normalized spacial score (nSPS) is 14.1. The Labute approximate surface area is 135 Å². The number of halogens is 1. The number of para-hydroxylation sites is 1. The van der Waals surface area contributed by atoms with E-state index in [-0.39, 0.29) is 0 Å². The molecular formula is C18H23BrN2. The number of unbranched alkanes of at least 4 members (excludes halogenated alkanes) is 2. The number of hydrogen-bond acceptors (Lipinski definition) is 2. The van der Waals surface area contributed by atoms with Gasteiger partial charge in [-0.2, -0.15) is 0 Å². The molecule has 112 valence electrons. The summed E-state index contributed by atoms with van der Waals surface area (Å²) in [6.07, 6.45) is 8.67. The fourth-order valence-corrected chi connectivity index (χ4v) is 3.58. The van der Waals surface area contributed by atoms with Gasteiger partial charge in [0.15, 0.2) is 0 Å². The van der Waals surface area contributed by atoms with Crippen molar-refractivity contribution in [3.8, 4) is 0 Å². The van der Waals surface area contributed by atoms with E-state index in [9.17, 15) is 0 Å². The monoisotopic (exact) mass is 346 g/mol. The topological polar surface area (TPSA) is 24.9 Å². The summed E-state index contributed by atoms with van der Waals surface area (Å²) >= 11 is 3.50. The van der Waals surface area contributed by atoms with Crippen molar-refractivity contribution < 1.29 is 0 Å². The Hall–Kier alpha value is -1.09. The highest BCUT2D eigenvalue weighted by molar-refractivity contribution is 9.09. The number of anilines is 1. The average molecular weight is 347 g/mol. The third-order valence-corrected chi connectivity index (χ3v) is 4.84. The number of benzene rings is 1. The van der Waals surface area contributed by atoms with Gasteiger partial charge in [-0.3, -0.25) is 4.98 Å². The quantitative estimate of drug-likeness (QED) is 0.581. The maximum absolute atomic E-state index is 4.89. The number of aromatic nitrogens is 1. The first kappa shape index (κ1) is 14.8. The van der Waals surface area contributed by atoms with Crippen LogP contribution in [0.2, 0.25) is 0 Å². The first-order valence-electron chi connectivity index (χ1n) is 8.10. The summed E-state index contributed by atoms with van der Waals surface area (Å²) in [5.41, 5.74) is 5.29. The lowest BCUT2D eigenvalue weighted by atomic mass is 9.92. The molecular weight excluding hydrogens is 324 g/mol. The summed E-state index contributed by atoms with van der Waals surface area (Å²) in [5, 5.41) is 6.12. The molecule has 0 unspecified atom stereocenters. The molecule has 0 amide bonds. The first-order chi connectivity index (χ1) is 10.4. The van der Waals surface area contributed by atoms with Crippen LogP contribution in [-0.2, 0) is 12.8 Å². The number of aryl methyl sites for hydroxylation is 1. The highest BCUT2D eigenvalue weighted by Crippen LogP contribution is 2.33. The minimum absolute atomic E-state index is 1.06. The molecule has 1 N–H and O–H groups in total. The van der Waals surface area contributed by atoms with E-state index in [1.54, 1.807) is 0 Å². The summed E-state index contributed by atoms with van der Waals surface area (Å²) in [6.45, 7) is 1.06. The van der Waals surface area contributed by atoms with Gasteiger partial charge in [0.25, 0.3) is 0 Å². The van der Waals surface area contributed by atoms with Crippen LogP contribution in [-0.4, -0.2) is 16.9 Å². The van der Waals surface area contributed by atoms with Crippen LogP contribution in [0.5, 0.6) is 0 Å². The fraction of sp³-hybridized carbons (Fsp3) is 0.500. The molecule has 0 spiro atoms. The third-order valence-electron chi connectivity index (χ3n) is 4.28. The largest absolute Gasteiger partial charge is 0.384 e. The molecule has 1 aliphatic carbocycles. The Bertz CT molecular complexity index is 609. The van der Waals surface area contributed by atoms with E-state index in [0.717, 1.165) is 23.8 Å². The first-order valence-corrected chi connectivity index (χ1v) is 9.22. The number of nitrogens with zero attached hydrogens (tertiary/aromatic N) is 1. The lowest BCUT2D eigenvalue weighted by molar-refractivity contribution is 0.671. The molecule has 1 aromatic carbocycles. The molecule has 0 radical (unpaired) electrons. The Morgan fingerprint density at radius 1 is 1.05 bits per heavy atom. The average Bonchev–Trinajstić information content (AvgIpc) is 2.53. The number of nitrogens with one attached hydrogen (secondary N) is 1. The Morgan fingerprint density at radius 3 is 2.81 bits per heavy atom. The maximum Gasteiger partial charge on any atom is 0.0726 e. The maximum atomic E-state index is 4.89. The van der Waals surface area contributed by atoms with E-state index in [1.165, 1.54) is 60.9 Å². The molecule has 0 atom stereocenters. The van der Waals surface area contributed by atoms with E-state index in [4.69, 9.17) is 4.98 Å². The van der Waals surface area contributed by atoms with Crippen molar-refractivity contribution in [1.82, 2.24) is 4.98 Å². The second-order valence-electron chi connectivity index (χ2n) is 5.81. The van der Waals surface area contributed by atoms with Crippen molar-refractivity contribution in [3.63, 3.8) is 0 Å². The van der Waals surface area contributed by atoms with Crippen molar-refractivity contribution in [2.75, 3.05) is 17.2 Å². The van der Waals surface area contributed by atoms with Crippen LogP contribution >= 0.6 is 15.9 Å². The summed E-state index contributed by atoms with van der Waals surface area (Å²) in [5.74, 6) is 0. The molecule has 0 saturated carbocycles. The predicted octanol–water partition coefficient (Wildman–Crippen LogP) is 5.09. The van der Waals surface area contributed by atoms with Crippen LogP contribution in [0.3, 0.4) is 0 Å². The molecule has 21 heavy (non-hydrogen) atoms. The van der Waals surface area contributed by atoms with Gasteiger partial charge in [-0.15, -0.1) is 0 Å². The molecule has 1 aliphatic rings. The van der Waals surface area contributed by atoms with Gasteiger partial charge in [-0.1, -0.05) is 40.5 Å². The van der Waals surface area contributed by atoms with Crippen LogP contribution in [0.15, 0.2) is 24.3 Å². The SMILES string of the molecule is BrCCCCCNc1c2c(nc3ccccc13)CCCC2. The highest BCUT2D eigenvalue weighted by Gasteiger charge is 2.17. The summed E-state index contributed by atoms with van der Waals surface area (Å²) < 4.78 is 0. The fourth-order valence-electron chi connectivity index (χ4n) is 3.18. The lowest BCUT2D eigenvalue weighted by Gasteiger charge is -2.21. The second kappa shape index (κ2) is 7.26. The number of alkyl halides is 1. The molecule has 2 nitrogen and oxygen atoms in total. The van der Waals surface area contributed by atoms with E-state index in [1.807, 2.05) is 0 Å². The van der Waals surface area contributed by atoms with Crippen LogP contribution in [0.1, 0.15) is 43.4 Å². The van der Waals surface area contributed by atoms with Crippen molar-refractivity contribution in [2.24, 2.45) is 0 Å². The zero-order valence-corrected chi connectivity index (χ0v) is 14.1. The van der Waals surface area contributed by atoms with Gasteiger partial charge in [0.2, 0.25) is 0 Å². The molecule has 0 aliphatic heterocycles. The van der Waals surface area contributed by atoms with Gasteiger partial charge < -0.3 is 5.32 Å². The standard InChI is InChI=1S/C18H23BrN2/c19-12-6-1-7-13-20-18-14-8-2-4-10-16(14)21-17-11-5-3-9-15(17)18/h2,4,8,10H,1,3,5-7,9,11-13H2,(H,20,21). The molecule has 3 heteroatoms. The van der Waals surface area contributed by atoms with Crippen molar-refractivity contribution in [1.29, 1.82) is 0 Å². The van der Waals surface area contributed by atoms with Crippen molar-refractivity contribution >= 4 is 32.5 Å². The number of pyridine rings is 1. The van der Waals surface area contributed by atoms with Gasteiger partial charge in [0, 0.05) is 28.6 Å². The zero-order valence-electron chi connectivity index (χ0n) is 12.5. The molecule has 0 bridgehead atoms. The Kier molecular flexibility index (Phi) is 5.13. The Balaban J connectivity index is 1.87. The molecule has 0 saturated heterocycles. The van der Waals surface area contributed by atoms with Gasteiger partial charge in [0.1, 0.15) is 0 Å². The number of rotatable bonds is 6. The zero-order chi connectivity index (χ0) is 14.5. The minimum atomic E-state index is 1.06.